The van der Waals surface area contributed by atoms with Gasteiger partial charge in [0.2, 0.25) is 0 Å². The van der Waals surface area contributed by atoms with Crippen molar-refractivity contribution in [2.24, 2.45) is 0 Å². The van der Waals surface area contributed by atoms with Crippen molar-refractivity contribution in [3.8, 4) is 5.69 Å². The van der Waals surface area contributed by atoms with Gasteiger partial charge in [0, 0.05) is 12.2 Å². The van der Waals surface area contributed by atoms with Gasteiger partial charge in [-0.05, 0) is 86.2 Å². The van der Waals surface area contributed by atoms with E-state index in [0.29, 0.717) is 13.0 Å². The van der Waals surface area contributed by atoms with E-state index in [4.69, 9.17) is 0 Å². The van der Waals surface area contributed by atoms with E-state index in [9.17, 15) is 13.2 Å². The molecular weight excluding hydrogens is 460 g/mol. The monoisotopic (exact) mass is 490 g/mol. The van der Waals surface area contributed by atoms with Crippen molar-refractivity contribution in [2.45, 2.75) is 45.4 Å². The second kappa shape index (κ2) is 9.92. The summed E-state index contributed by atoms with van der Waals surface area (Å²) in [5, 5.41) is 2.62. The predicted octanol–water partition coefficient (Wildman–Crippen LogP) is 4.74. The van der Waals surface area contributed by atoms with Crippen LogP contribution in [0, 0.1) is 20.8 Å². The van der Waals surface area contributed by atoms with Crippen LogP contribution in [0.15, 0.2) is 65.8 Å². The highest BCUT2D eigenvalue weighted by Gasteiger charge is 2.17. The van der Waals surface area contributed by atoms with Crippen LogP contribution in [0.3, 0.4) is 0 Å². The Kier molecular flexibility index (Phi) is 6.93. The van der Waals surface area contributed by atoms with Crippen molar-refractivity contribution >= 4 is 27.1 Å². The van der Waals surface area contributed by atoms with Gasteiger partial charge in [-0.3, -0.25) is 4.57 Å². The number of aryl methyl sites for hydroxylation is 3. The first-order valence-electron chi connectivity index (χ1n) is 11.6. The molecule has 4 rings (SSSR count). The van der Waals surface area contributed by atoms with Crippen molar-refractivity contribution in [2.75, 3.05) is 6.54 Å². The minimum atomic E-state index is -3.90. The van der Waals surface area contributed by atoms with Crippen LogP contribution in [0.4, 0.5) is 4.79 Å². The summed E-state index contributed by atoms with van der Waals surface area (Å²) < 4.78 is 28.8. The standard InChI is InChI=1S/C27H30N4O3S/c1-5-24-20(4)19(3)16-25-26(24)31(17-29-25)22-10-8-21(9-11-22)14-15-28-27(32)30-35(33,34)23-12-6-18(2)7-13-23/h6-13,16-17H,5,14-15H2,1-4H3,(H2,28,30,32). The largest absolute Gasteiger partial charge is 0.337 e. The van der Waals surface area contributed by atoms with Crippen LogP contribution in [-0.2, 0) is 22.9 Å². The van der Waals surface area contributed by atoms with Crippen molar-refractivity contribution in [3.63, 3.8) is 0 Å². The molecule has 0 bridgehead atoms. The minimum absolute atomic E-state index is 0.0532. The van der Waals surface area contributed by atoms with Gasteiger partial charge in [-0.2, -0.15) is 0 Å². The minimum Gasteiger partial charge on any atom is -0.337 e. The lowest BCUT2D eigenvalue weighted by molar-refractivity contribution is 0.246. The molecule has 1 aromatic heterocycles. The van der Waals surface area contributed by atoms with Crippen LogP contribution in [-0.4, -0.2) is 30.5 Å². The number of sulfonamides is 1. The Hall–Kier alpha value is -3.65. The summed E-state index contributed by atoms with van der Waals surface area (Å²) in [4.78, 5) is 16.8. The lowest BCUT2D eigenvalue weighted by Crippen LogP contribution is -2.40. The van der Waals surface area contributed by atoms with Crippen molar-refractivity contribution in [3.05, 3.63) is 88.7 Å². The van der Waals surface area contributed by atoms with Gasteiger partial charge in [-0.1, -0.05) is 36.8 Å². The second-order valence-electron chi connectivity index (χ2n) is 8.72. The molecule has 0 aliphatic heterocycles. The van der Waals surface area contributed by atoms with Gasteiger partial charge in [0.05, 0.1) is 15.9 Å². The fourth-order valence-electron chi connectivity index (χ4n) is 4.20. The van der Waals surface area contributed by atoms with Gasteiger partial charge < -0.3 is 5.32 Å². The molecule has 0 saturated heterocycles. The van der Waals surface area contributed by atoms with E-state index >= 15 is 0 Å². The highest BCUT2D eigenvalue weighted by Crippen LogP contribution is 2.27. The van der Waals surface area contributed by atoms with Crippen LogP contribution in [0.1, 0.15) is 34.7 Å². The topological polar surface area (TPSA) is 93.1 Å². The van der Waals surface area contributed by atoms with Gasteiger partial charge in [0.1, 0.15) is 6.33 Å². The zero-order valence-corrected chi connectivity index (χ0v) is 21.2. The number of carbonyl (C=O) groups is 1. The molecule has 3 aromatic carbocycles. The molecule has 0 saturated carbocycles. The predicted molar refractivity (Wildman–Crippen MR) is 139 cm³/mol. The number of hydrogen-bond acceptors (Lipinski definition) is 4. The Balaban J connectivity index is 1.39. The lowest BCUT2D eigenvalue weighted by atomic mass is 9.99. The van der Waals surface area contributed by atoms with E-state index in [1.54, 1.807) is 12.1 Å². The molecule has 182 valence electrons. The molecule has 0 aliphatic carbocycles. The average Bonchev–Trinajstić information content (AvgIpc) is 3.23. The molecule has 0 atom stereocenters. The van der Waals surface area contributed by atoms with E-state index in [1.807, 2.05) is 37.5 Å². The van der Waals surface area contributed by atoms with Crippen molar-refractivity contribution in [1.82, 2.24) is 19.6 Å². The number of fused-ring (bicyclic) bond motifs is 1. The maximum absolute atomic E-state index is 12.3. The third-order valence-electron chi connectivity index (χ3n) is 6.30. The van der Waals surface area contributed by atoms with E-state index in [-0.39, 0.29) is 4.90 Å². The molecule has 8 heteroatoms. The summed E-state index contributed by atoms with van der Waals surface area (Å²) in [6, 6.07) is 15.8. The molecular formula is C27H30N4O3S. The molecule has 7 nitrogen and oxygen atoms in total. The first-order valence-corrected chi connectivity index (χ1v) is 13.1. The summed E-state index contributed by atoms with van der Waals surface area (Å²) in [7, 11) is -3.90. The zero-order valence-electron chi connectivity index (χ0n) is 20.4. The molecule has 1 heterocycles. The van der Waals surface area contributed by atoms with Crippen LogP contribution < -0.4 is 10.0 Å². The number of benzene rings is 3. The second-order valence-corrected chi connectivity index (χ2v) is 10.4. The number of rotatable bonds is 7. The fourth-order valence-corrected chi connectivity index (χ4v) is 5.13. The zero-order chi connectivity index (χ0) is 25.2. The fraction of sp³-hybridized carbons (Fsp3) is 0.259. The Morgan fingerprint density at radius 1 is 1.00 bits per heavy atom. The SMILES string of the molecule is CCc1c(C)c(C)cc2ncn(-c3ccc(CCNC(=O)NS(=O)(=O)c4ccc(C)cc4)cc3)c12. The van der Waals surface area contributed by atoms with E-state index in [2.05, 4.69) is 46.4 Å². The highest BCUT2D eigenvalue weighted by molar-refractivity contribution is 7.90. The Morgan fingerprint density at radius 2 is 1.69 bits per heavy atom. The first kappa shape index (κ1) is 24.5. The van der Waals surface area contributed by atoms with E-state index < -0.39 is 16.1 Å². The van der Waals surface area contributed by atoms with Gasteiger partial charge in [0.25, 0.3) is 10.0 Å². The van der Waals surface area contributed by atoms with Gasteiger partial charge in [0.15, 0.2) is 0 Å². The van der Waals surface area contributed by atoms with Crippen LogP contribution in [0.2, 0.25) is 0 Å². The Bertz CT molecular complexity index is 1470. The average molecular weight is 491 g/mol. The number of carbonyl (C=O) groups excluding carboxylic acids is 1. The Labute approximate surface area is 206 Å². The van der Waals surface area contributed by atoms with Gasteiger partial charge in [-0.15, -0.1) is 0 Å². The summed E-state index contributed by atoms with van der Waals surface area (Å²) in [6.45, 7) is 8.61. The van der Waals surface area contributed by atoms with Crippen molar-refractivity contribution in [1.29, 1.82) is 0 Å². The summed E-state index contributed by atoms with van der Waals surface area (Å²) in [5.41, 5.74) is 8.97. The molecule has 0 aliphatic rings. The molecule has 0 unspecified atom stereocenters. The molecule has 4 aromatic rings. The van der Waals surface area contributed by atoms with Gasteiger partial charge >= 0.3 is 6.03 Å². The third kappa shape index (κ3) is 5.22. The number of urea groups is 1. The molecule has 0 spiro atoms. The van der Waals surface area contributed by atoms with E-state index in [1.165, 1.54) is 28.8 Å². The molecule has 0 radical (unpaired) electrons. The van der Waals surface area contributed by atoms with Crippen LogP contribution >= 0.6 is 0 Å². The first-order chi connectivity index (χ1) is 16.7. The normalized spacial score (nSPS) is 11.5. The maximum Gasteiger partial charge on any atom is 0.328 e. The maximum atomic E-state index is 12.3. The lowest BCUT2D eigenvalue weighted by Gasteiger charge is -2.13. The number of imidazole rings is 1. The number of nitrogens with zero attached hydrogens (tertiary/aromatic N) is 2. The summed E-state index contributed by atoms with van der Waals surface area (Å²) in [6.07, 6.45) is 3.36. The van der Waals surface area contributed by atoms with Gasteiger partial charge in [-0.25, -0.2) is 22.9 Å². The quantitative estimate of drug-likeness (QED) is 0.391. The van der Waals surface area contributed by atoms with Crippen LogP contribution in [0.5, 0.6) is 0 Å². The Morgan fingerprint density at radius 3 is 2.34 bits per heavy atom. The number of nitrogens with one attached hydrogen (secondary N) is 2. The summed E-state index contributed by atoms with van der Waals surface area (Å²) in [5.74, 6) is 0. The molecule has 2 N–H and O–H groups in total. The summed E-state index contributed by atoms with van der Waals surface area (Å²) >= 11 is 0. The number of aromatic nitrogens is 2. The van der Waals surface area contributed by atoms with E-state index in [0.717, 1.165) is 34.3 Å². The molecule has 35 heavy (non-hydrogen) atoms. The number of amides is 2. The molecule has 2 amide bonds. The van der Waals surface area contributed by atoms with Crippen molar-refractivity contribution < 1.29 is 13.2 Å². The smallest absolute Gasteiger partial charge is 0.328 e. The number of hydrogen-bond donors (Lipinski definition) is 2. The third-order valence-corrected chi connectivity index (χ3v) is 7.65. The molecule has 0 fully saturated rings. The van der Waals surface area contributed by atoms with Crippen LogP contribution in [0.25, 0.3) is 16.7 Å². The highest BCUT2D eigenvalue weighted by atomic mass is 32.2.